The molecule has 0 aromatic rings. The third kappa shape index (κ3) is 5.81. The summed E-state index contributed by atoms with van der Waals surface area (Å²) in [6.45, 7) is 2.33. The molecule has 6 nitrogen and oxygen atoms in total. The monoisotopic (exact) mass is 306 g/mol. The predicted octanol–water partition coefficient (Wildman–Crippen LogP) is 0.817. The largest absolute Gasteiger partial charge is 0.394 e. The van der Waals surface area contributed by atoms with Crippen molar-refractivity contribution in [2.75, 3.05) is 20.3 Å². The second-order valence-corrected chi connectivity index (χ2v) is 5.55. The normalized spacial score (nSPS) is 33.3. The molecule has 0 aromatic heterocycles. The molecule has 1 fully saturated rings. The molecular formula is C15H30O6. The molecule has 0 radical (unpaired) electrons. The average Bonchev–Trinajstić information content (AvgIpc) is 2.49. The van der Waals surface area contributed by atoms with E-state index in [1.165, 1.54) is 32.8 Å². The van der Waals surface area contributed by atoms with Gasteiger partial charge in [0.05, 0.1) is 6.61 Å². The lowest BCUT2D eigenvalue weighted by atomic mass is 9.99. The smallest absolute Gasteiger partial charge is 0.186 e. The number of ether oxygens (including phenoxy) is 3. The van der Waals surface area contributed by atoms with Crippen molar-refractivity contribution >= 4 is 0 Å². The molecular weight excluding hydrogens is 276 g/mol. The van der Waals surface area contributed by atoms with E-state index in [2.05, 4.69) is 6.92 Å². The summed E-state index contributed by atoms with van der Waals surface area (Å²) in [6.07, 6.45) is 2.29. The number of aliphatic hydroxyl groups excluding tert-OH is 3. The lowest BCUT2D eigenvalue weighted by molar-refractivity contribution is -0.304. The Bertz CT molecular complexity index is 263. The number of hydrogen-bond acceptors (Lipinski definition) is 6. The second kappa shape index (κ2) is 10.5. The molecule has 1 saturated heterocycles. The second-order valence-electron chi connectivity index (χ2n) is 5.55. The van der Waals surface area contributed by atoms with Crippen LogP contribution in [0.1, 0.15) is 45.4 Å². The summed E-state index contributed by atoms with van der Waals surface area (Å²) < 4.78 is 16.0. The van der Waals surface area contributed by atoms with Crippen molar-refractivity contribution in [2.24, 2.45) is 0 Å². The van der Waals surface area contributed by atoms with Crippen LogP contribution in [0.4, 0.5) is 0 Å². The molecule has 1 rings (SSSR count). The molecule has 0 amide bonds. The van der Waals surface area contributed by atoms with Gasteiger partial charge in [-0.1, -0.05) is 39.0 Å². The van der Waals surface area contributed by atoms with Gasteiger partial charge in [0.25, 0.3) is 0 Å². The van der Waals surface area contributed by atoms with Gasteiger partial charge < -0.3 is 29.5 Å². The Morgan fingerprint density at radius 1 is 1.00 bits per heavy atom. The quantitative estimate of drug-likeness (QED) is 0.518. The first-order valence-corrected chi connectivity index (χ1v) is 7.92. The summed E-state index contributed by atoms with van der Waals surface area (Å²) >= 11 is 0. The van der Waals surface area contributed by atoms with E-state index >= 15 is 0 Å². The van der Waals surface area contributed by atoms with Gasteiger partial charge >= 0.3 is 0 Å². The van der Waals surface area contributed by atoms with Crippen LogP contribution in [0.5, 0.6) is 0 Å². The van der Waals surface area contributed by atoms with Gasteiger partial charge in [0.1, 0.15) is 24.4 Å². The van der Waals surface area contributed by atoms with Gasteiger partial charge in [-0.15, -0.1) is 0 Å². The van der Waals surface area contributed by atoms with Crippen molar-refractivity contribution in [1.29, 1.82) is 0 Å². The average molecular weight is 306 g/mol. The molecule has 0 aromatic carbocycles. The molecule has 1 heterocycles. The maximum atomic E-state index is 10.1. The first-order chi connectivity index (χ1) is 10.2. The van der Waals surface area contributed by atoms with Crippen LogP contribution in [-0.4, -0.2) is 66.3 Å². The summed E-state index contributed by atoms with van der Waals surface area (Å²) in [5.74, 6) is 0. The molecule has 1 aliphatic heterocycles. The van der Waals surface area contributed by atoms with E-state index < -0.39 is 30.7 Å². The molecule has 21 heavy (non-hydrogen) atoms. The standard InChI is InChI=1S/C15H30O6/c1-3-4-5-6-7-8-9-20-15-13(18)14(19-2)12(17)11(10-16)21-15/h11-18H,3-10H2,1-2H3/t11-,12+,13-,14+,15-/m1/s1. The molecule has 1 aliphatic rings. The van der Waals surface area contributed by atoms with Gasteiger partial charge in [0.2, 0.25) is 0 Å². The van der Waals surface area contributed by atoms with Crippen molar-refractivity contribution in [1.82, 2.24) is 0 Å². The highest BCUT2D eigenvalue weighted by atomic mass is 16.7. The summed E-state index contributed by atoms with van der Waals surface area (Å²) in [6, 6.07) is 0. The minimum Gasteiger partial charge on any atom is -0.394 e. The Balaban J connectivity index is 2.29. The highest BCUT2D eigenvalue weighted by molar-refractivity contribution is 4.89. The lowest BCUT2D eigenvalue weighted by Crippen LogP contribution is -2.59. The fraction of sp³-hybridized carbons (Fsp3) is 1.00. The predicted molar refractivity (Wildman–Crippen MR) is 77.9 cm³/mol. The third-order valence-electron chi connectivity index (χ3n) is 3.87. The fourth-order valence-corrected chi connectivity index (χ4v) is 2.55. The number of methoxy groups -OCH3 is 1. The number of hydrogen-bond donors (Lipinski definition) is 3. The van der Waals surface area contributed by atoms with Gasteiger partial charge in [-0.3, -0.25) is 0 Å². The number of unbranched alkanes of at least 4 members (excludes halogenated alkanes) is 5. The van der Waals surface area contributed by atoms with Crippen LogP contribution in [0.3, 0.4) is 0 Å². The summed E-state index contributed by atoms with van der Waals surface area (Å²) in [4.78, 5) is 0. The molecule has 0 saturated carbocycles. The number of aliphatic hydroxyl groups is 3. The van der Waals surface area contributed by atoms with E-state index in [0.717, 1.165) is 12.8 Å². The Labute approximate surface area is 127 Å². The van der Waals surface area contributed by atoms with Crippen LogP contribution in [0, 0.1) is 0 Å². The molecule has 0 aliphatic carbocycles. The molecule has 0 bridgehead atoms. The number of rotatable bonds is 10. The first-order valence-electron chi connectivity index (χ1n) is 7.92. The maximum Gasteiger partial charge on any atom is 0.186 e. The Kier molecular flexibility index (Phi) is 9.39. The zero-order valence-corrected chi connectivity index (χ0v) is 13.1. The lowest BCUT2D eigenvalue weighted by Gasteiger charge is -2.41. The highest BCUT2D eigenvalue weighted by Gasteiger charge is 2.45. The zero-order chi connectivity index (χ0) is 15.7. The molecule has 6 heteroatoms. The van der Waals surface area contributed by atoms with Crippen LogP contribution in [-0.2, 0) is 14.2 Å². The van der Waals surface area contributed by atoms with Gasteiger partial charge in [0.15, 0.2) is 6.29 Å². The van der Waals surface area contributed by atoms with Crippen LogP contribution < -0.4 is 0 Å². The zero-order valence-electron chi connectivity index (χ0n) is 13.1. The van der Waals surface area contributed by atoms with Crippen LogP contribution >= 0.6 is 0 Å². The van der Waals surface area contributed by atoms with Crippen LogP contribution in [0.15, 0.2) is 0 Å². The minimum absolute atomic E-state index is 0.343. The minimum atomic E-state index is -1.07. The summed E-state index contributed by atoms with van der Waals surface area (Å²) in [7, 11) is 1.40. The van der Waals surface area contributed by atoms with E-state index in [4.69, 9.17) is 14.2 Å². The van der Waals surface area contributed by atoms with Crippen molar-refractivity contribution in [3.05, 3.63) is 0 Å². The molecule has 0 unspecified atom stereocenters. The van der Waals surface area contributed by atoms with E-state index in [9.17, 15) is 15.3 Å². The summed E-state index contributed by atoms with van der Waals surface area (Å²) in [5.41, 5.74) is 0. The molecule has 126 valence electrons. The van der Waals surface area contributed by atoms with Gasteiger partial charge in [-0.25, -0.2) is 0 Å². The Morgan fingerprint density at radius 2 is 1.67 bits per heavy atom. The first kappa shape index (κ1) is 18.8. The van der Waals surface area contributed by atoms with Crippen molar-refractivity contribution in [3.63, 3.8) is 0 Å². The SMILES string of the molecule is CCCCCCCCO[C@@H]1O[C@H](CO)[C@H](O)[C@H](OC)[C@H]1O. The van der Waals surface area contributed by atoms with E-state index in [1.807, 2.05) is 0 Å². The highest BCUT2D eigenvalue weighted by Crippen LogP contribution is 2.24. The van der Waals surface area contributed by atoms with E-state index in [1.54, 1.807) is 0 Å². The Hall–Kier alpha value is -0.240. The molecule has 0 spiro atoms. The van der Waals surface area contributed by atoms with Crippen LogP contribution in [0.25, 0.3) is 0 Å². The van der Waals surface area contributed by atoms with Gasteiger partial charge in [-0.2, -0.15) is 0 Å². The summed E-state index contributed by atoms with van der Waals surface area (Å²) in [5, 5.41) is 29.1. The molecule has 5 atom stereocenters. The van der Waals surface area contributed by atoms with E-state index in [-0.39, 0.29) is 6.61 Å². The van der Waals surface area contributed by atoms with E-state index in [0.29, 0.717) is 6.61 Å². The van der Waals surface area contributed by atoms with Gasteiger partial charge in [-0.05, 0) is 6.42 Å². The third-order valence-corrected chi connectivity index (χ3v) is 3.87. The van der Waals surface area contributed by atoms with Crippen molar-refractivity contribution < 1.29 is 29.5 Å². The van der Waals surface area contributed by atoms with Crippen LogP contribution in [0.2, 0.25) is 0 Å². The fourth-order valence-electron chi connectivity index (χ4n) is 2.55. The van der Waals surface area contributed by atoms with Crippen molar-refractivity contribution in [2.45, 2.75) is 76.2 Å². The Morgan fingerprint density at radius 3 is 2.29 bits per heavy atom. The van der Waals surface area contributed by atoms with Gasteiger partial charge in [0, 0.05) is 13.7 Å². The topological polar surface area (TPSA) is 88.4 Å². The maximum absolute atomic E-state index is 10.1. The molecule has 3 N–H and O–H groups in total. The van der Waals surface area contributed by atoms with Crippen molar-refractivity contribution in [3.8, 4) is 0 Å².